The van der Waals surface area contributed by atoms with Gasteiger partial charge in [0.1, 0.15) is 6.54 Å². The Labute approximate surface area is 145 Å². The van der Waals surface area contributed by atoms with Gasteiger partial charge in [-0.15, -0.1) is 0 Å². The maximum atomic E-state index is 12.3. The summed E-state index contributed by atoms with van der Waals surface area (Å²) in [6.45, 7) is 1.94. The zero-order valence-electron chi connectivity index (χ0n) is 14.9. The number of para-hydroxylation sites is 1. The first-order valence-corrected chi connectivity index (χ1v) is 9.22. The van der Waals surface area contributed by atoms with Gasteiger partial charge in [0.15, 0.2) is 0 Å². The molecule has 0 atom stereocenters. The van der Waals surface area contributed by atoms with Crippen LogP contribution in [-0.2, 0) is 9.59 Å². The Morgan fingerprint density at radius 1 is 0.875 bits per heavy atom. The van der Waals surface area contributed by atoms with Crippen molar-refractivity contribution >= 4 is 17.6 Å². The lowest BCUT2D eigenvalue weighted by atomic mass is 10.1. The summed E-state index contributed by atoms with van der Waals surface area (Å²) in [5, 5.41) is 9.03. The number of anilines is 1. The molecule has 0 aromatic heterocycles. The molecule has 0 fully saturated rings. The van der Waals surface area contributed by atoms with Gasteiger partial charge in [0.05, 0.1) is 0 Å². The molecule has 0 saturated heterocycles. The summed E-state index contributed by atoms with van der Waals surface area (Å²) in [7, 11) is 0. The highest BCUT2D eigenvalue weighted by Crippen LogP contribution is 2.16. The number of benzene rings is 1. The van der Waals surface area contributed by atoms with Crippen LogP contribution in [0.3, 0.4) is 0 Å². The topological polar surface area (TPSA) is 57.6 Å². The van der Waals surface area contributed by atoms with Crippen molar-refractivity contribution in [1.82, 2.24) is 0 Å². The number of amides is 1. The van der Waals surface area contributed by atoms with E-state index in [1.807, 2.05) is 18.2 Å². The van der Waals surface area contributed by atoms with E-state index in [1.165, 1.54) is 43.4 Å². The lowest BCUT2D eigenvalue weighted by Crippen LogP contribution is -2.35. The van der Waals surface area contributed by atoms with Crippen molar-refractivity contribution < 1.29 is 14.7 Å². The Balaban J connectivity index is 2.27. The van der Waals surface area contributed by atoms with Crippen LogP contribution in [0.25, 0.3) is 0 Å². The number of carbonyl (C=O) groups excluding carboxylic acids is 1. The molecule has 1 aromatic carbocycles. The molecule has 4 nitrogen and oxygen atoms in total. The van der Waals surface area contributed by atoms with Crippen molar-refractivity contribution in [1.29, 1.82) is 0 Å². The van der Waals surface area contributed by atoms with Gasteiger partial charge in [-0.05, 0) is 18.6 Å². The van der Waals surface area contributed by atoms with E-state index < -0.39 is 5.97 Å². The van der Waals surface area contributed by atoms with Crippen LogP contribution < -0.4 is 4.90 Å². The Hall–Kier alpha value is -1.84. The van der Waals surface area contributed by atoms with E-state index in [1.54, 1.807) is 12.1 Å². The van der Waals surface area contributed by atoms with E-state index in [4.69, 9.17) is 5.11 Å². The van der Waals surface area contributed by atoms with Crippen LogP contribution in [0.5, 0.6) is 0 Å². The molecule has 0 aliphatic heterocycles. The monoisotopic (exact) mass is 333 g/mol. The minimum Gasteiger partial charge on any atom is -0.480 e. The van der Waals surface area contributed by atoms with Crippen LogP contribution in [0.15, 0.2) is 30.3 Å². The van der Waals surface area contributed by atoms with Crippen LogP contribution in [0.1, 0.15) is 71.1 Å². The van der Waals surface area contributed by atoms with Gasteiger partial charge in [0, 0.05) is 12.1 Å². The van der Waals surface area contributed by atoms with Gasteiger partial charge in [-0.2, -0.15) is 0 Å². The molecule has 0 spiro atoms. The zero-order chi connectivity index (χ0) is 17.6. The number of hydrogen-bond acceptors (Lipinski definition) is 2. The largest absolute Gasteiger partial charge is 0.480 e. The highest BCUT2D eigenvalue weighted by molar-refractivity contribution is 5.97. The Morgan fingerprint density at radius 2 is 1.42 bits per heavy atom. The minimum absolute atomic E-state index is 0.105. The summed E-state index contributed by atoms with van der Waals surface area (Å²) >= 11 is 0. The van der Waals surface area contributed by atoms with E-state index >= 15 is 0 Å². The highest BCUT2D eigenvalue weighted by atomic mass is 16.4. The van der Waals surface area contributed by atoms with Gasteiger partial charge in [-0.25, -0.2) is 0 Å². The molecule has 0 saturated carbocycles. The van der Waals surface area contributed by atoms with Gasteiger partial charge < -0.3 is 10.0 Å². The molecule has 1 aromatic rings. The maximum absolute atomic E-state index is 12.3. The molecule has 134 valence electrons. The number of carboxylic acid groups (broad SMARTS) is 1. The predicted molar refractivity (Wildman–Crippen MR) is 98.3 cm³/mol. The fraction of sp³-hybridized carbons (Fsp3) is 0.600. The molecule has 0 unspecified atom stereocenters. The Bertz CT molecular complexity index is 473. The van der Waals surface area contributed by atoms with Gasteiger partial charge in [-0.3, -0.25) is 9.59 Å². The van der Waals surface area contributed by atoms with Crippen molar-refractivity contribution in [2.45, 2.75) is 71.1 Å². The predicted octanol–water partition coefficient (Wildman–Crippen LogP) is 5.03. The van der Waals surface area contributed by atoms with E-state index in [0.717, 1.165) is 19.3 Å². The van der Waals surface area contributed by atoms with Crippen molar-refractivity contribution in [3.05, 3.63) is 30.3 Å². The number of rotatable bonds is 13. The fourth-order valence-corrected chi connectivity index (χ4v) is 2.79. The fourth-order valence-electron chi connectivity index (χ4n) is 2.79. The molecule has 0 aliphatic rings. The van der Waals surface area contributed by atoms with Gasteiger partial charge in [0.25, 0.3) is 0 Å². The van der Waals surface area contributed by atoms with Crippen molar-refractivity contribution in [3.63, 3.8) is 0 Å². The molecular formula is C20H31NO3. The normalized spacial score (nSPS) is 10.5. The van der Waals surface area contributed by atoms with E-state index in [2.05, 4.69) is 6.92 Å². The first-order chi connectivity index (χ1) is 11.6. The molecule has 1 N–H and O–H groups in total. The summed E-state index contributed by atoms with van der Waals surface area (Å²) in [4.78, 5) is 24.7. The number of hydrogen-bond donors (Lipinski definition) is 1. The third kappa shape index (κ3) is 8.70. The summed E-state index contributed by atoms with van der Waals surface area (Å²) in [6.07, 6.45) is 11.2. The molecule has 1 rings (SSSR count). The number of carboxylic acids is 1. The van der Waals surface area contributed by atoms with Crippen molar-refractivity contribution in [2.24, 2.45) is 0 Å². The maximum Gasteiger partial charge on any atom is 0.323 e. The third-order valence-electron chi connectivity index (χ3n) is 4.16. The summed E-state index contributed by atoms with van der Waals surface area (Å²) in [6, 6.07) is 9.04. The van der Waals surface area contributed by atoms with Crippen LogP contribution in [0, 0.1) is 0 Å². The van der Waals surface area contributed by atoms with Crippen LogP contribution in [0.4, 0.5) is 5.69 Å². The summed E-state index contributed by atoms with van der Waals surface area (Å²) in [5.41, 5.74) is 0.654. The summed E-state index contributed by atoms with van der Waals surface area (Å²) < 4.78 is 0. The number of nitrogens with zero attached hydrogens (tertiary/aromatic N) is 1. The second-order valence-electron chi connectivity index (χ2n) is 6.29. The molecule has 0 aliphatic carbocycles. The molecule has 4 heteroatoms. The Kier molecular flexibility index (Phi) is 10.6. The van der Waals surface area contributed by atoms with Crippen LogP contribution in [-0.4, -0.2) is 23.5 Å². The molecular weight excluding hydrogens is 302 g/mol. The smallest absolute Gasteiger partial charge is 0.323 e. The second kappa shape index (κ2) is 12.6. The van der Waals surface area contributed by atoms with Crippen LogP contribution >= 0.6 is 0 Å². The van der Waals surface area contributed by atoms with E-state index in [0.29, 0.717) is 12.1 Å². The minimum atomic E-state index is -0.987. The van der Waals surface area contributed by atoms with Crippen molar-refractivity contribution in [3.8, 4) is 0 Å². The van der Waals surface area contributed by atoms with Crippen molar-refractivity contribution in [2.75, 3.05) is 11.4 Å². The summed E-state index contributed by atoms with van der Waals surface area (Å²) in [5.74, 6) is -1.09. The molecule has 0 bridgehead atoms. The SMILES string of the molecule is CCCCCCCCCCCC(=O)N(CC(=O)O)c1ccccc1. The number of unbranched alkanes of at least 4 members (excludes halogenated alkanes) is 8. The number of carbonyl (C=O) groups is 2. The first kappa shape index (κ1) is 20.2. The first-order valence-electron chi connectivity index (χ1n) is 9.22. The van der Waals surface area contributed by atoms with Crippen LogP contribution in [0.2, 0.25) is 0 Å². The average Bonchev–Trinajstić information content (AvgIpc) is 2.58. The molecule has 24 heavy (non-hydrogen) atoms. The number of aliphatic carboxylic acids is 1. The zero-order valence-corrected chi connectivity index (χ0v) is 14.9. The lowest BCUT2D eigenvalue weighted by molar-refractivity contribution is -0.136. The molecule has 0 heterocycles. The highest BCUT2D eigenvalue weighted by Gasteiger charge is 2.17. The average molecular weight is 333 g/mol. The molecule has 0 radical (unpaired) electrons. The second-order valence-corrected chi connectivity index (χ2v) is 6.29. The molecule has 1 amide bonds. The third-order valence-corrected chi connectivity index (χ3v) is 4.16. The van der Waals surface area contributed by atoms with E-state index in [9.17, 15) is 9.59 Å². The lowest BCUT2D eigenvalue weighted by Gasteiger charge is -2.20. The quantitative estimate of drug-likeness (QED) is 0.515. The standard InChI is InChI=1S/C20H31NO3/c1-2-3-4-5-6-7-8-9-13-16-19(22)21(17-20(23)24)18-14-11-10-12-15-18/h10-12,14-15H,2-9,13,16-17H2,1H3,(H,23,24). The Morgan fingerprint density at radius 3 is 1.96 bits per heavy atom. The van der Waals surface area contributed by atoms with Gasteiger partial charge in [-0.1, -0.05) is 76.5 Å². The van der Waals surface area contributed by atoms with Gasteiger partial charge >= 0.3 is 5.97 Å². The van der Waals surface area contributed by atoms with Gasteiger partial charge in [0.2, 0.25) is 5.91 Å². The van der Waals surface area contributed by atoms with E-state index in [-0.39, 0.29) is 12.5 Å².